The number of halogens is 4. The Morgan fingerprint density at radius 2 is 1.27 bits per heavy atom. The summed E-state index contributed by atoms with van der Waals surface area (Å²) >= 11 is 12.1. The van der Waals surface area contributed by atoms with E-state index in [1.165, 1.54) is 39.5 Å². The normalized spacial score (nSPS) is 12.0. The van der Waals surface area contributed by atoms with Crippen LogP contribution in [-0.4, -0.2) is 23.0 Å². The monoisotopic (exact) mass is 596 g/mol. The average molecular weight is 597 g/mol. The summed E-state index contributed by atoms with van der Waals surface area (Å²) in [6.45, 7) is 3.49. The molecule has 11 heteroatoms. The minimum absolute atomic E-state index is 0.245. The lowest BCUT2D eigenvalue weighted by Crippen LogP contribution is -2.25. The second-order valence-electron chi connectivity index (χ2n) is 9.28. The first-order valence-corrected chi connectivity index (χ1v) is 13.4. The summed E-state index contributed by atoms with van der Waals surface area (Å²) in [5, 5.41) is 10.6. The zero-order valence-corrected chi connectivity index (χ0v) is 23.4. The Morgan fingerprint density at radius 1 is 0.780 bits per heavy atom. The SMILES string of the molecule is CC(O)c1cn2ccc(Cl)c2c(=O)n1-c1cccc(F)c1.CCc1cn2ccc(Cl)c2c(=O)n1-c1cccc(F)c1. The van der Waals surface area contributed by atoms with Crippen LogP contribution in [0.5, 0.6) is 0 Å². The van der Waals surface area contributed by atoms with Crippen molar-refractivity contribution in [2.75, 3.05) is 0 Å². The van der Waals surface area contributed by atoms with Crippen LogP contribution in [0.25, 0.3) is 22.4 Å². The van der Waals surface area contributed by atoms with Gasteiger partial charge >= 0.3 is 0 Å². The smallest absolute Gasteiger partial charge is 0.281 e. The molecule has 0 aliphatic rings. The molecule has 1 N–H and O–H groups in total. The molecule has 4 aromatic heterocycles. The molecule has 2 aromatic carbocycles. The van der Waals surface area contributed by atoms with Gasteiger partial charge in [-0.1, -0.05) is 42.3 Å². The van der Waals surface area contributed by atoms with E-state index in [1.807, 2.05) is 13.1 Å². The Morgan fingerprint density at radius 3 is 1.76 bits per heavy atom. The summed E-state index contributed by atoms with van der Waals surface area (Å²) in [7, 11) is 0. The third-order valence-corrected chi connectivity index (χ3v) is 7.18. The van der Waals surface area contributed by atoms with Crippen LogP contribution in [0.2, 0.25) is 10.0 Å². The molecule has 0 fully saturated rings. The molecule has 0 amide bonds. The number of nitrogens with zero attached hydrogens (tertiary/aromatic N) is 4. The molecule has 7 nitrogen and oxygen atoms in total. The number of aryl methyl sites for hydroxylation is 1. The molecule has 4 heterocycles. The highest BCUT2D eigenvalue weighted by Gasteiger charge is 2.17. The second-order valence-corrected chi connectivity index (χ2v) is 10.1. The first-order valence-electron chi connectivity index (χ1n) is 12.6. The third kappa shape index (κ3) is 5.31. The van der Waals surface area contributed by atoms with Gasteiger partial charge in [0.05, 0.1) is 33.2 Å². The van der Waals surface area contributed by atoms with Crippen LogP contribution >= 0.6 is 23.2 Å². The van der Waals surface area contributed by atoms with Gasteiger partial charge in [-0.15, -0.1) is 0 Å². The average Bonchev–Trinajstić information content (AvgIpc) is 3.51. The van der Waals surface area contributed by atoms with Crippen molar-refractivity contribution < 1.29 is 13.9 Å². The van der Waals surface area contributed by atoms with E-state index in [1.54, 1.807) is 64.6 Å². The molecule has 210 valence electrons. The molecule has 6 aromatic rings. The third-order valence-electron chi connectivity index (χ3n) is 6.57. The van der Waals surface area contributed by atoms with Gasteiger partial charge < -0.3 is 13.9 Å². The topological polar surface area (TPSA) is 73.1 Å². The molecular weight excluding hydrogens is 573 g/mol. The number of rotatable bonds is 4. The zero-order valence-electron chi connectivity index (χ0n) is 21.9. The second kappa shape index (κ2) is 11.4. The van der Waals surface area contributed by atoms with Crippen LogP contribution in [-0.2, 0) is 6.42 Å². The quantitative estimate of drug-likeness (QED) is 0.256. The number of hydrogen-bond acceptors (Lipinski definition) is 3. The summed E-state index contributed by atoms with van der Waals surface area (Å²) < 4.78 is 32.9. The largest absolute Gasteiger partial charge is 0.387 e. The van der Waals surface area contributed by atoms with E-state index in [4.69, 9.17) is 23.2 Å². The molecule has 0 spiro atoms. The van der Waals surface area contributed by atoms with Gasteiger partial charge in [-0.2, -0.15) is 0 Å². The summed E-state index contributed by atoms with van der Waals surface area (Å²) in [5.74, 6) is -0.838. The lowest BCUT2D eigenvalue weighted by molar-refractivity contribution is 0.190. The highest BCUT2D eigenvalue weighted by molar-refractivity contribution is 6.34. The van der Waals surface area contributed by atoms with Crippen molar-refractivity contribution >= 4 is 34.2 Å². The van der Waals surface area contributed by atoms with E-state index in [-0.39, 0.29) is 16.9 Å². The van der Waals surface area contributed by atoms with E-state index in [9.17, 15) is 23.5 Å². The Balaban J connectivity index is 0.000000165. The van der Waals surface area contributed by atoms with E-state index in [0.717, 1.165) is 5.69 Å². The fourth-order valence-corrected chi connectivity index (χ4v) is 5.16. The van der Waals surface area contributed by atoms with Crippen molar-refractivity contribution in [1.82, 2.24) is 17.9 Å². The summed E-state index contributed by atoms with van der Waals surface area (Å²) in [4.78, 5) is 25.3. The highest BCUT2D eigenvalue weighted by atomic mass is 35.5. The Kier molecular flexibility index (Phi) is 7.86. The fourth-order valence-electron chi connectivity index (χ4n) is 4.69. The number of benzene rings is 2. The van der Waals surface area contributed by atoms with Gasteiger partial charge in [0.2, 0.25) is 0 Å². The standard InChI is InChI=1S/C15H12ClFN2O2.C15H12ClFN2O/c1-9(20)13-8-18-6-5-12(16)14(18)15(21)19(13)11-4-2-3-10(17)7-11;1-2-11-9-18-7-6-13(16)14(18)15(20)19(11)12-5-3-4-10(17)8-12/h2-9,20H,1H3;3-9H,2H2,1H3. The molecular formula is C30H24Cl2F2N4O3. The van der Waals surface area contributed by atoms with Gasteiger partial charge in [0.1, 0.15) is 22.7 Å². The van der Waals surface area contributed by atoms with Crippen molar-refractivity contribution in [3.05, 3.63) is 139 Å². The van der Waals surface area contributed by atoms with Crippen molar-refractivity contribution in [3.63, 3.8) is 0 Å². The van der Waals surface area contributed by atoms with Gasteiger partial charge in [0, 0.05) is 30.5 Å². The number of aliphatic hydroxyl groups excluding tert-OH is 1. The maximum Gasteiger partial charge on any atom is 0.281 e. The lowest BCUT2D eigenvalue weighted by atomic mass is 10.2. The van der Waals surface area contributed by atoms with Gasteiger partial charge in [-0.05, 0) is 61.9 Å². The van der Waals surface area contributed by atoms with E-state index >= 15 is 0 Å². The van der Waals surface area contributed by atoms with Crippen LogP contribution in [0.15, 0.2) is 95.0 Å². The van der Waals surface area contributed by atoms with Crippen molar-refractivity contribution in [2.24, 2.45) is 0 Å². The number of aliphatic hydroxyl groups is 1. The lowest BCUT2D eigenvalue weighted by Gasteiger charge is -2.16. The molecule has 0 bridgehead atoms. The molecule has 1 atom stereocenters. The minimum atomic E-state index is -0.897. The minimum Gasteiger partial charge on any atom is -0.387 e. The van der Waals surface area contributed by atoms with Gasteiger partial charge in [-0.25, -0.2) is 8.78 Å². The van der Waals surface area contributed by atoms with Gasteiger partial charge in [-0.3, -0.25) is 18.7 Å². The first-order chi connectivity index (χ1) is 19.6. The molecule has 6 rings (SSSR count). The fraction of sp³-hybridized carbons (Fsp3) is 0.133. The predicted molar refractivity (Wildman–Crippen MR) is 156 cm³/mol. The zero-order chi connectivity index (χ0) is 29.4. The number of hydrogen-bond donors (Lipinski definition) is 1. The summed E-state index contributed by atoms with van der Waals surface area (Å²) in [6.07, 6.45) is 6.59. The van der Waals surface area contributed by atoms with Crippen molar-refractivity contribution in [1.29, 1.82) is 0 Å². The molecule has 0 aliphatic carbocycles. The number of fused-ring (bicyclic) bond motifs is 2. The molecule has 0 radical (unpaired) electrons. The Hall–Kier alpha value is -4.18. The van der Waals surface area contributed by atoms with E-state index in [0.29, 0.717) is 39.1 Å². The van der Waals surface area contributed by atoms with Crippen LogP contribution in [0.4, 0.5) is 8.78 Å². The van der Waals surface area contributed by atoms with Gasteiger partial charge in [0.15, 0.2) is 0 Å². The van der Waals surface area contributed by atoms with E-state index < -0.39 is 17.5 Å². The summed E-state index contributed by atoms with van der Waals surface area (Å²) in [5.41, 5.74) is 2.02. The maximum atomic E-state index is 13.4. The van der Waals surface area contributed by atoms with E-state index in [2.05, 4.69) is 0 Å². The number of aromatic nitrogens is 4. The van der Waals surface area contributed by atoms with Crippen molar-refractivity contribution in [2.45, 2.75) is 26.4 Å². The first kappa shape index (κ1) is 28.4. The van der Waals surface area contributed by atoms with Crippen LogP contribution < -0.4 is 11.1 Å². The molecule has 0 aliphatic heterocycles. The molecule has 0 saturated heterocycles. The van der Waals surface area contributed by atoms with Crippen LogP contribution in [0.1, 0.15) is 31.3 Å². The summed E-state index contributed by atoms with van der Waals surface area (Å²) in [6, 6.07) is 14.9. The highest BCUT2D eigenvalue weighted by Crippen LogP contribution is 2.22. The van der Waals surface area contributed by atoms with Crippen LogP contribution in [0, 0.1) is 11.6 Å². The molecule has 0 saturated carbocycles. The van der Waals surface area contributed by atoms with Gasteiger partial charge in [0.25, 0.3) is 11.1 Å². The maximum absolute atomic E-state index is 13.4. The molecule has 41 heavy (non-hydrogen) atoms. The Bertz CT molecular complexity index is 2020. The Labute approximate surface area is 242 Å². The van der Waals surface area contributed by atoms with Crippen molar-refractivity contribution in [3.8, 4) is 11.4 Å². The van der Waals surface area contributed by atoms with Crippen LogP contribution in [0.3, 0.4) is 0 Å². The molecule has 1 unspecified atom stereocenters. The predicted octanol–water partition coefficient (Wildman–Crippen LogP) is 6.38.